The van der Waals surface area contributed by atoms with Gasteiger partial charge < -0.3 is 9.80 Å². The fourth-order valence-corrected chi connectivity index (χ4v) is 5.96. The summed E-state index contributed by atoms with van der Waals surface area (Å²) in [6.07, 6.45) is 14.1. The van der Waals surface area contributed by atoms with E-state index in [-0.39, 0.29) is 11.8 Å². The number of unbranched alkanes of at least 4 members (excludes halogenated alkanes) is 10. The standard InChI is InChI=1S/C32H41BrN2O2/c1-3-5-7-9-11-15-21-34-27-18-14-13-17-25(27)29(31(34)36)30-26-20-19-24(33)23-28(26)35(32(30)37)22-16-12-10-8-6-4-2/h13-14,17-20,23H,3-12,15-16,21-22H2,1-2H3/b30-29-. The summed E-state index contributed by atoms with van der Waals surface area (Å²) in [4.78, 5) is 31.6. The van der Waals surface area contributed by atoms with E-state index in [1.165, 1.54) is 51.4 Å². The molecule has 4 rings (SSSR count). The number of halogens is 1. The predicted octanol–water partition coefficient (Wildman–Crippen LogP) is 8.77. The molecule has 198 valence electrons. The molecule has 0 aromatic heterocycles. The Morgan fingerprint density at radius 3 is 1.68 bits per heavy atom. The van der Waals surface area contributed by atoms with Crippen molar-refractivity contribution in [2.24, 2.45) is 0 Å². The Labute approximate surface area is 231 Å². The van der Waals surface area contributed by atoms with Gasteiger partial charge in [0.15, 0.2) is 0 Å². The summed E-state index contributed by atoms with van der Waals surface area (Å²) in [6.45, 7) is 5.83. The average molecular weight is 566 g/mol. The van der Waals surface area contributed by atoms with E-state index in [0.717, 1.165) is 52.7 Å². The molecular formula is C32H41BrN2O2. The molecular weight excluding hydrogens is 524 g/mol. The van der Waals surface area contributed by atoms with E-state index in [1.54, 1.807) is 0 Å². The van der Waals surface area contributed by atoms with E-state index in [9.17, 15) is 9.59 Å². The number of nitrogens with zero attached hydrogens (tertiary/aromatic N) is 2. The first kappa shape index (κ1) is 27.6. The van der Waals surface area contributed by atoms with Gasteiger partial charge in [0.25, 0.3) is 11.8 Å². The van der Waals surface area contributed by atoms with Crippen LogP contribution in [0.4, 0.5) is 11.4 Å². The third kappa shape index (κ3) is 6.19. The lowest BCUT2D eigenvalue weighted by molar-refractivity contribution is -0.114. The zero-order valence-electron chi connectivity index (χ0n) is 22.5. The number of carbonyl (C=O) groups is 2. The molecule has 0 fully saturated rings. The molecule has 0 spiro atoms. The van der Waals surface area contributed by atoms with Gasteiger partial charge >= 0.3 is 0 Å². The quantitative estimate of drug-likeness (QED) is 0.170. The second-order valence-corrected chi connectivity index (χ2v) is 11.3. The van der Waals surface area contributed by atoms with Gasteiger partial charge in [0.1, 0.15) is 0 Å². The van der Waals surface area contributed by atoms with E-state index < -0.39 is 0 Å². The zero-order chi connectivity index (χ0) is 26.2. The third-order valence-corrected chi connectivity index (χ3v) is 8.12. The number of amides is 2. The van der Waals surface area contributed by atoms with E-state index in [4.69, 9.17) is 0 Å². The normalized spacial score (nSPS) is 16.6. The van der Waals surface area contributed by atoms with Gasteiger partial charge in [-0.2, -0.15) is 0 Å². The summed E-state index contributed by atoms with van der Waals surface area (Å²) < 4.78 is 0.945. The number of hydrogen-bond donors (Lipinski definition) is 0. The van der Waals surface area contributed by atoms with Crippen LogP contribution in [-0.2, 0) is 9.59 Å². The Balaban J connectivity index is 1.60. The average Bonchev–Trinajstić information content (AvgIpc) is 3.32. The maximum absolute atomic E-state index is 13.9. The molecule has 5 heteroatoms. The van der Waals surface area contributed by atoms with Crippen molar-refractivity contribution in [3.05, 3.63) is 58.1 Å². The molecule has 2 aliphatic rings. The zero-order valence-corrected chi connectivity index (χ0v) is 24.1. The van der Waals surface area contributed by atoms with Crippen molar-refractivity contribution >= 4 is 50.3 Å². The Kier molecular flexibility index (Phi) is 10.0. The van der Waals surface area contributed by atoms with Crippen molar-refractivity contribution in [1.29, 1.82) is 0 Å². The number of para-hydroxylation sites is 1. The molecule has 0 saturated heterocycles. The number of hydrogen-bond acceptors (Lipinski definition) is 2. The highest BCUT2D eigenvalue weighted by molar-refractivity contribution is 9.10. The van der Waals surface area contributed by atoms with Crippen molar-refractivity contribution < 1.29 is 9.59 Å². The second kappa shape index (κ2) is 13.4. The molecule has 2 aliphatic heterocycles. The molecule has 0 radical (unpaired) electrons. The monoisotopic (exact) mass is 564 g/mol. The van der Waals surface area contributed by atoms with Crippen LogP contribution in [0.15, 0.2) is 46.9 Å². The molecule has 2 aromatic carbocycles. The van der Waals surface area contributed by atoms with Crippen LogP contribution in [0, 0.1) is 0 Å². The molecule has 0 saturated carbocycles. The predicted molar refractivity (Wildman–Crippen MR) is 159 cm³/mol. The van der Waals surface area contributed by atoms with Crippen LogP contribution >= 0.6 is 15.9 Å². The molecule has 2 aromatic rings. The molecule has 2 heterocycles. The number of rotatable bonds is 14. The third-order valence-electron chi connectivity index (χ3n) is 7.62. The lowest BCUT2D eigenvalue weighted by atomic mass is 9.96. The van der Waals surface area contributed by atoms with Gasteiger partial charge in [0.2, 0.25) is 0 Å². The lowest BCUT2D eigenvalue weighted by Crippen LogP contribution is -2.30. The highest BCUT2D eigenvalue weighted by atomic mass is 79.9. The summed E-state index contributed by atoms with van der Waals surface area (Å²) in [7, 11) is 0. The van der Waals surface area contributed by atoms with Gasteiger partial charge in [0.05, 0.1) is 22.5 Å². The molecule has 37 heavy (non-hydrogen) atoms. The smallest absolute Gasteiger partial charge is 0.259 e. The molecule has 0 N–H and O–H groups in total. The van der Waals surface area contributed by atoms with Crippen LogP contribution in [0.3, 0.4) is 0 Å². The maximum Gasteiger partial charge on any atom is 0.259 e. The van der Waals surface area contributed by atoms with Crippen molar-refractivity contribution in [3.63, 3.8) is 0 Å². The van der Waals surface area contributed by atoms with Crippen molar-refractivity contribution in [2.45, 2.75) is 90.9 Å². The van der Waals surface area contributed by atoms with Crippen LogP contribution in [0.5, 0.6) is 0 Å². The summed E-state index contributed by atoms with van der Waals surface area (Å²) in [5.74, 6) is -0.0744. The SMILES string of the molecule is CCCCCCCCN1C(=O)/C(=C2\C(=O)N(CCCCCCCC)c3cc(Br)ccc32)c2ccccc21. The lowest BCUT2D eigenvalue weighted by Gasteiger charge is -2.17. The number of fused-ring (bicyclic) bond motifs is 2. The number of carbonyl (C=O) groups excluding carboxylic acids is 2. The van der Waals surface area contributed by atoms with Crippen molar-refractivity contribution in [2.75, 3.05) is 22.9 Å². The molecule has 4 nitrogen and oxygen atoms in total. The first-order valence-electron chi connectivity index (χ1n) is 14.4. The van der Waals surface area contributed by atoms with E-state index >= 15 is 0 Å². The number of benzene rings is 2. The van der Waals surface area contributed by atoms with E-state index in [0.29, 0.717) is 24.2 Å². The maximum atomic E-state index is 13.9. The fraction of sp³-hybridized carbons (Fsp3) is 0.500. The van der Waals surface area contributed by atoms with Gasteiger partial charge in [-0.1, -0.05) is 118 Å². The van der Waals surface area contributed by atoms with Crippen LogP contribution in [0.1, 0.15) is 102 Å². The Hall–Kier alpha value is -2.40. The van der Waals surface area contributed by atoms with Crippen molar-refractivity contribution in [3.8, 4) is 0 Å². The van der Waals surface area contributed by atoms with Crippen LogP contribution in [-0.4, -0.2) is 24.9 Å². The van der Waals surface area contributed by atoms with Crippen LogP contribution in [0.2, 0.25) is 0 Å². The molecule has 2 amide bonds. The molecule has 0 atom stereocenters. The van der Waals surface area contributed by atoms with Gasteiger partial charge in [0, 0.05) is 28.7 Å². The first-order valence-corrected chi connectivity index (χ1v) is 15.1. The summed E-state index contributed by atoms with van der Waals surface area (Å²) in [5.41, 5.74) is 4.74. The van der Waals surface area contributed by atoms with Gasteiger partial charge in [-0.05, 0) is 31.0 Å². The highest BCUT2D eigenvalue weighted by Gasteiger charge is 2.41. The summed E-state index contributed by atoms with van der Waals surface area (Å²) in [5, 5.41) is 0. The van der Waals surface area contributed by atoms with E-state index in [1.807, 2.05) is 52.3 Å². The largest absolute Gasteiger partial charge is 0.308 e. The second-order valence-electron chi connectivity index (χ2n) is 10.4. The Morgan fingerprint density at radius 1 is 0.595 bits per heavy atom. The van der Waals surface area contributed by atoms with Crippen LogP contribution in [0.25, 0.3) is 11.1 Å². The topological polar surface area (TPSA) is 40.6 Å². The highest BCUT2D eigenvalue weighted by Crippen LogP contribution is 2.47. The molecule has 0 aliphatic carbocycles. The van der Waals surface area contributed by atoms with Crippen LogP contribution < -0.4 is 9.80 Å². The first-order chi connectivity index (χ1) is 18.1. The number of anilines is 2. The summed E-state index contributed by atoms with van der Waals surface area (Å²) >= 11 is 3.59. The van der Waals surface area contributed by atoms with Gasteiger partial charge in [-0.25, -0.2) is 0 Å². The van der Waals surface area contributed by atoms with Gasteiger partial charge in [-0.15, -0.1) is 0 Å². The Morgan fingerprint density at radius 2 is 1.08 bits per heavy atom. The molecule has 0 bridgehead atoms. The minimum absolute atomic E-state index is 0.0339. The van der Waals surface area contributed by atoms with Crippen molar-refractivity contribution in [1.82, 2.24) is 0 Å². The Bertz CT molecular complexity index is 1140. The fourth-order valence-electron chi connectivity index (χ4n) is 5.61. The minimum atomic E-state index is -0.0405. The van der Waals surface area contributed by atoms with Gasteiger partial charge in [-0.3, -0.25) is 9.59 Å². The minimum Gasteiger partial charge on any atom is -0.308 e. The summed E-state index contributed by atoms with van der Waals surface area (Å²) in [6, 6.07) is 14.0. The molecule has 0 unspecified atom stereocenters. The van der Waals surface area contributed by atoms with E-state index in [2.05, 4.69) is 29.8 Å².